The van der Waals surface area contributed by atoms with Crippen molar-refractivity contribution >= 4 is 45.9 Å². The third-order valence-electron chi connectivity index (χ3n) is 6.18. The first-order valence-electron chi connectivity index (χ1n) is 11.9. The second-order valence-electron chi connectivity index (χ2n) is 8.68. The number of esters is 1. The molecule has 3 aromatic rings. The van der Waals surface area contributed by atoms with Crippen LogP contribution >= 0.6 is 11.3 Å². The Morgan fingerprint density at radius 1 is 1.19 bits per heavy atom. The van der Waals surface area contributed by atoms with Gasteiger partial charge in [-0.15, -0.1) is 0 Å². The fraction of sp³-hybridized carbons (Fsp3) is 0.417. The molecule has 5 heterocycles. The van der Waals surface area contributed by atoms with Crippen molar-refractivity contribution in [1.82, 2.24) is 19.9 Å². The average Bonchev–Trinajstić information content (AvgIpc) is 3.39. The number of nitrogens with zero attached hydrogens (tertiary/aromatic N) is 6. The molecule has 0 radical (unpaired) electrons. The lowest BCUT2D eigenvalue weighted by molar-refractivity contribution is -0.117. The Balaban J connectivity index is 1.51. The molecule has 1 fully saturated rings. The van der Waals surface area contributed by atoms with Gasteiger partial charge in [0.05, 0.1) is 31.4 Å². The predicted molar refractivity (Wildman–Crippen MR) is 135 cm³/mol. The zero-order valence-corrected chi connectivity index (χ0v) is 20.9. The lowest BCUT2D eigenvalue weighted by atomic mass is 10.1. The lowest BCUT2D eigenvalue weighted by Crippen LogP contribution is -2.37. The zero-order chi connectivity index (χ0) is 25.2. The van der Waals surface area contributed by atoms with E-state index in [2.05, 4.69) is 20.2 Å². The van der Waals surface area contributed by atoms with Crippen molar-refractivity contribution in [3.8, 4) is 0 Å². The number of hydrogen-bond donors (Lipinski definition) is 2. The van der Waals surface area contributed by atoms with Crippen LogP contribution in [0.4, 0.5) is 22.7 Å². The second kappa shape index (κ2) is 10.2. The minimum atomic E-state index is -0.419. The average molecular weight is 510 g/mol. The Morgan fingerprint density at radius 3 is 2.64 bits per heavy atom. The van der Waals surface area contributed by atoms with Crippen LogP contribution in [-0.2, 0) is 22.5 Å². The van der Waals surface area contributed by atoms with Crippen LogP contribution in [0.25, 0.3) is 0 Å². The number of rotatable bonds is 7. The summed E-state index contributed by atoms with van der Waals surface area (Å²) in [4.78, 5) is 47.5. The molecule has 0 unspecified atom stereocenters. The van der Waals surface area contributed by atoms with E-state index in [0.717, 1.165) is 11.1 Å². The molecule has 0 atom stereocenters. The molecule has 0 aromatic carbocycles. The summed E-state index contributed by atoms with van der Waals surface area (Å²) in [6, 6.07) is 3.74. The first-order chi connectivity index (χ1) is 17.4. The minimum Gasteiger partial charge on any atom is -0.462 e. The van der Waals surface area contributed by atoms with Crippen LogP contribution in [-0.4, -0.2) is 62.7 Å². The summed E-state index contributed by atoms with van der Waals surface area (Å²) < 4.78 is 5.12. The number of nitrogens with one attached hydrogen (secondary N) is 1. The van der Waals surface area contributed by atoms with Gasteiger partial charge in [-0.25, -0.2) is 9.78 Å². The van der Waals surface area contributed by atoms with Crippen LogP contribution in [0.3, 0.4) is 0 Å². The smallest absolute Gasteiger partial charge is 0.350 e. The number of aliphatic hydroxyl groups excluding tert-OH is 1. The predicted octanol–water partition coefficient (Wildman–Crippen LogP) is 2.61. The van der Waals surface area contributed by atoms with E-state index in [9.17, 15) is 14.7 Å². The number of carbonyl (C=O) groups excluding carboxylic acids is 2. The second-order valence-corrected chi connectivity index (χ2v) is 9.68. The number of thiazole rings is 1. The van der Waals surface area contributed by atoms with Gasteiger partial charge in [0.15, 0.2) is 5.13 Å². The van der Waals surface area contributed by atoms with Crippen molar-refractivity contribution in [2.45, 2.75) is 45.8 Å². The van der Waals surface area contributed by atoms with Gasteiger partial charge in [-0.2, -0.15) is 9.97 Å². The van der Waals surface area contributed by atoms with Gasteiger partial charge in [0.2, 0.25) is 11.9 Å². The van der Waals surface area contributed by atoms with Crippen molar-refractivity contribution < 1.29 is 19.4 Å². The number of ether oxygens (including phenoxy) is 1. The summed E-state index contributed by atoms with van der Waals surface area (Å²) in [5.41, 5.74) is 2.27. The van der Waals surface area contributed by atoms with E-state index in [1.54, 1.807) is 31.1 Å². The summed E-state index contributed by atoms with van der Waals surface area (Å²) in [6.45, 7) is 5.41. The summed E-state index contributed by atoms with van der Waals surface area (Å²) in [5.74, 6) is 1.04. The highest BCUT2D eigenvalue weighted by molar-refractivity contribution is 7.17. The molecule has 1 amide bonds. The molecule has 2 N–H and O–H groups in total. The van der Waals surface area contributed by atoms with Crippen molar-refractivity contribution in [2.24, 2.45) is 0 Å². The number of carbonyl (C=O) groups is 2. The van der Waals surface area contributed by atoms with E-state index in [-0.39, 0.29) is 31.0 Å². The topological polar surface area (TPSA) is 134 Å². The maximum Gasteiger partial charge on any atom is 0.350 e. The van der Waals surface area contributed by atoms with Gasteiger partial charge in [0.25, 0.3) is 0 Å². The van der Waals surface area contributed by atoms with Gasteiger partial charge in [0, 0.05) is 31.0 Å². The Morgan fingerprint density at radius 2 is 1.92 bits per heavy atom. The number of pyridine rings is 1. The SMILES string of the molecule is CCOC(=O)c1sc(Nc2nc(N3CCC(O)CC3)c3c(n2)N(Cc2ccncc2)C(=O)C3)nc1C. The molecule has 2 aliphatic heterocycles. The van der Waals surface area contributed by atoms with Gasteiger partial charge < -0.3 is 14.7 Å². The van der Waals surface area contributed by atoms with Gasteiger partial charge in [-0.3, -0.25) is 20.0 Å². The highest BCUT2D eigenvalue weighted by atomic mass is 32.1. The number of anilines is 4. The van der Waals surface area contributed by atoms with Gasteiger partial charge in [-0.1, -0.05) is 11.3 Å². The number of aromatic nitrogens is 4. The van der Waals surface area contributed by atoms with Crippen LogP contribution in [0.2, 0.25) is 0 Å². The fourth-order valence-electron chi connectivity index (χ4n) is 4.37. The summed E-state index contributed by atoms with van der Waals surface area (Å²) in [6.07, 6.45) is 4.52. The fourth-order valence-corrected chi connectivity index (χ4v) is 5.22. The summed E-state index contributed by atoms with van der Waals surface area (Å²) in [7, 11) is 0. The Kier molecular flexibility index (Phi) is 6.79. The normalized spacial score (nSPS) is 15.8. The van der Waals surface area contributed by atoms with Crippen LogP contribution in [0.5, 0.6) is 0 Å². The molecule has 2 aliphatic rings. The molecular weight excluding hydrogens is 482 g/mol. The third kappa shape index (κ3) is 4.86. The highest BCUT2D eigenvalue weighted by Gasteiger charge is 2.35. The van der Waals surface area contributed by atoms with Crippen LogP contribution in [0.15, 0.2) is 24.5 Å². The molecular formula is C24H27N7O4S. The largest absolute Gasteiger partial charge is 0.462 e. The number of fused-ring (bicyclic) bond motifs is 1. The molecule has 36 heavy (non-hydrogen) atoms. The van der Waals surface area contributed by atoms with E-state index in [1.807, 2.05) is 12.1 Å². The number of aryl methyl sites for hydroxylation is 1. The summed E-state index contributed by atoms with van der Waals surface area (Å²) in [5, 5.41) is 13.6. The Labute approximate surface area is 212 Å². The van der Waals surface area contributed by atoms with E-state index in [1.165, 1.54) is 11.3 Å². The maximum absolute atomic E-state index is 13.1. The number of piperidine rings is 1. The van der Waals surface area contributed by atoms with Crippen molar-refractivity contribution in [3.05, 3.63) is 46.2 Å². The van der Waals surface area contributed by atoms with E-state index in [0.29, 0.717) is 59.8 Å². The summed E-state index contributed by atoms with van der Waals surface area (Å²) >= 11 is 1.17. The number of aliphatic hydroxyl groups is 1. The van der Waals surface area contributed by atoms with Gasteiger partial charge in [-0.05, 0) is 44.4 Å². The lowest BCUT2D eigenvalue weighted by Gasteiger charge is -2.31. The van der Waals surface area contributed by atoms with E-state index in [4.69, 9.17) is 14.7 Å². The highest BCUT2D eigenvalue weighted by Crippen LogP contribution is 2.37. The van der Waals surface area contributed by atoms with E-state index >= 15 is 0 Å². The zero-order valence-electron chi connectivity index (χ0n) is 20.1. The third-order valence-corrected chi connectivity index (χ3v) is 7.23. The molecule has 0 bridgehead atoms. The number of amides is 1. The van der Waals surface area contributed by atoms with Crippen molar-refractivity contribution in [3.63, 3.8) is 0 Å². The first-order valence-corrected chi connectivity index (χ1v) is 12.7. The first kappa shape index (κ1) is 24.1. The maximum atomic E-state index is 13.1. The van der Waals surface area contributed by atoms with Crippen LogP contribution in [0, 0.1) is 6.92 Å². The molecule has 12 heteroatoms. The van der Waals surface area contributed by atoms with Crippen LogP contribution in [0.1, 0.15) is 46.3 Å². The van der Waals surface area contributed by atoms with Gasteiger partial charge >= 0.3 is 5.97 Å². The molecule has 5 rings (SSSR count). The van der Waals surface area contributed by atoms with Crippen molar-refractivity contribution in [2.75, 3.05) is 34.8 Å². The molecule has 1 saturated heterocycles. The van der Waals surface area contributed by atoms with Crippen molar-refractivity contribution in [1.29, 1.82) is 0 Å². The molecule has 0 spiro atoms. The molecule has 3 aromatic heterocycles. The molecule has 11 nitrogen and oxygen atoms in total. The molecule has 0 saturated carbocycles. The van der Waals surface area contributed by atoms with Crippen LogP contribution < -0.4 is 15.1 Å². The number of hydrogen-bond acceptors (Lipinski definition) is 11. The molecule has 0 aliphatic carbocycles. The van der Waals surface area contributed by atoms with Gasteiger partial charge in [0.1, 0.15) is 16.5 Å². The molecule has 188 valence electrons. The quantitative estimate of drug-likeness (QED) is 0.458. The monoisotopic (exact) mass is 509 g/mol. The standard InChI is InChI=1S/C24H27N7O4S/c1-3-35-22(34)19-14(2)26-24(36-19)29-23-27-20(30-10-6-16(32)7-11-30)17-12-18(33)31(21(17)28-23)13-15-4-8-25-9-5-15/h4-5,8-9,16,32H,3,6-7,10-13H2,1-2H3,(H,26,27,28,29). The van der Waals surface area contributed by atoms with E-state index < -0.39 is 5.97 Å². The minimum absolute atomic E-state index is 0.0544. The Bertz CT molecular complexity index is 1270. The Hall–Kier alpha value is -3.64.